The van der Waals surface area contributed by atoms with Crippen LogP contribution in [0.25, 0.3) is 10.4 Å². The van der Waals surface area contributed by atoms with Gasteiger partial charge in [-0.05, 0) is 13.8 Å². The average Bonchev–Trinajstić information content (AvgIpc) is 2.93. The summed E-state index contributed by atoms with van der Waals surface area (Å²) in [5, 5.41) is 9.65. The van der Waals surface area contributed by atoms with E-state index in [0.29, 0.717) is 10.3 Å². The van der Waals surface area contributed by atoms with Gasteiger partial charge in [0.05, 0.1) is 11.9 Å². The van der Waals surface area contributed by atoms with Gasteiger partial charge in [-0.15, -0.1) is 11.3 Å². The van der Waals surface area contributed by atoms with Crippen LogP contribution in [-0.2, 0) is 0 Å². The highest BCUT2D eigenvalue weighted by atomic mass is 32.1. The van der Waals surface area contributed by atoms with E-state index in [1.807, 2.05) is 25.8 Å². The summed E-state index contributed by atoms with van der Waals surface area (Å²) in [6.45, 7) is 3.89. The van der Waals surface area contributed by atoms with Crippen LogP contribution in [0.15, 0.2) is 12.4 Å². The molecule has 2 N–H and O–H groups in total. The summed E-state index contributed by atoms with van der Waals surface area (Å²) in [5.74, 6) is -0.0791. The van der Waals surface area contributed by atoms with Crippen LogP contribution in [0.1, 0.15) is 23.5 Å². The molecule has 96 valence electrons. The van der Waals surface area contributed by atoms with E-state index >= 15 is 0 Å². The minimum absolute atomic E-state index is 0.0791. The Morgan fingerprint density at radius 3 is 2.79 bits per heavy atom. The zero-order valence-corrected chi connectivity index (χ0v) is 11.8. The Hall–Kier alpha value is -1.76. The molecule has 1 aliphatic rings. The second kappa shape index (κ2) is 3.87. The topological polar surface area (TPSA) is 61.0 Å². The molecule has 2 aromatic rings. The quantitative estimate of drug-likeness (QED) is 0.756. The van der Waals surface area contributed by atoms with Gasteiger partial charge in [-0.25, -0.2) is 0 Å². The van der Waals surface area contributed by atoms with Crippen molar-refractivity contribution in [3.63, 3.8) is 0 Å². The largest absolute Gasteiger partial charge is 0.351 e. The number of hydrogen-bond acceptors (Lipinski definition) is 4. The SMILES string of the molecule is [B]c1c(-c2cn[nH]c2)sc2c1N(C)C(C)(C)NC2=O. The highest BCUT2D eigenvalue weighted by molar-refractivity contribution is 7.19. The third-order valence-electron chi connectivity index (χ3n) is 3.48. The van der Waals surface area contributed by atoms with Gasteiger partial charge < -0.3 is 10.2 Å². The maximum atomic E-state index is 12.2. The number of thiophene rings is 1. The van der Waals surface area contributed by atoms with Crippen LogP contribution in [0.2, 0.25) is 0 Å². The molecule has 1 aliphatic heterocycles. The van der Waals surface area contributed by atoms with Gasteiger partial charge >= 0.3 is 0 Å². The number of nitrogens with one attached hydrogen (secondary N) is 2. The summed E-state index contributed by atoms with van der Waals surface area (Å²) in [6.07, 6.45) is 3.48. The number of carbonyl (C=O) groups is 1. The van der Waals surface area contributed by atoms with Crippen molar-refractivity contribution < 1.29 is 4.79 Å². The number of hydrogen-bond donors (Lipinski definition) is 2. The lowest BCUT2D eigenvalue weighted by Gasteiger charge is -2.42. The Morgan fingerprint density at radius 1 is 1.42 bits per heavy atom. The third kappa shape index (κ3) is 1.68. The Labute approximate surface area is 116 Å². The molecular weight excluding hydrogens is 259 g/mol. The van der Waals surface area contributed by atoms with E-state index in [4.69, 9.17) is 7.85 Å². The van der Waals surface area contributed by atoms with Crippen molar-refractivity contribution in [1.82, 2.24) is 15.5 Å². The lowest BCUT2D eigenvalue weighted by atomic mass is 9.90. The zero-order chi connectivity index (χ0) is 13.8. The van der Waals surface area contributed by atoms with Crippen LogP contribution in [-0.4, -0.2) is 36.7 Å². The summed E-state index contributed by atoms with van der Waals surface area (Å²) in [7, 11) is 8.17. The average molecular weight is 272 g/mol. The molecule has 0 atom stereocenters. The standard InChI is InChI=1S/C12H13BN4OS/c1-12(2)16-11(18)10-8(17(12)3)7(13)9(19-10)6-4-14-15-5-6/h4-5H,1-3H3,(H,14,15)(H,16,18). The van der Waals surface area contributed by atoms with E-state index in [0.717, 1.165) is 16.1 Å². The molecule has 2 aromatic heterocycles. The number of amides is 1. The normalized spacial score (nSPS) is 17.2. The van der Waals surface area contributed by atoms with Crippen molar-refractivity contribution in [3.05, 3.63) is 17.3 Å². The molecule has 5 nitrogen and oxygen atoms in total. The molecule has 3 rings (SSSR count). The monoisotopic (exact) mass is 272 g/mol. The van der Waals surface area contributed by atoms with Crippen LogP contribution >= 0.6 is 11.3 Å². The first-order chi connectivity index (χ1) is 8.92. The Morgan fingerprint density at radius 2 is 2.16 bits per heavy atom. The van der Waals surface area contributed by atoms with Gasteiger partial charge in [0.25, 0.3) is 5.91 Å². The molecule has 3 heterocycles. The van der Waals surface area contributed by atoms with E-state index in [2.05, 4.69) is 15.5 Å². The number of fused-ring (bicyclic) bond motifs is 1. The molecule has 2 radical (unpaired) electrons. The number of H-pyrrole nitrogens is 1. The first kappa shape index (κ1) is 12.3. The first-order valence-electron chi connectivity index (χ1n) is 5.89. The van der Waals surface area contributed by atoms with Crippen LogP contribution in [0.4, 0.5) is 5.69 Å². The summed E-state index contributed by atoms with van der Waals surface area (Å²) in [4.78, 5) is 15.7. The minimum Gasteiger partial charge on any atom is -0.351 e. The third-order valence-corrected chi connectivity index (χ3v) is 4.72. The van der Waals surface area contributed by atoms with Crippen molar-refractivity contribution in [2.75, 3.05) is 11.9 Å². The van der Waals surface area contributed by atoms with Gasteiger partial charge in [0, 0.05) is 23.7 Å². The highest BCUT2D eigenvalue weighted by Gasteiger charge is 2.37. The molecule has 0 bridgehead atoms. The molecule has 0 aliphatic carbocycles. The number of nitrogens with zero attached hydrogens (tertiary/aromatic N) is 2. The van der Waals surface area contributed by atoms with Gasteiger partial charge in [-0.1, -0.05) is 5.46 Å². The fourth-order valence-corrected chi connectivity index (χ4v) is 3.34. The smallest absolute Gasteiger partial charge is 0.265 e. The summed E-state index contributed by atoms with van der Waals surface area (Å²) in [5.41, 5.74) is 1.88. The Bertz CT molecular complexity index is 647. The predicted molar refractivity (Wildman–Crippen MR) is 77.2 cm³/mol. The van der Waals surface area contributed by atoms with Crippen molar-refractivity contribution in [2.45, 2.75) is 19.5 Å². The second-order valence-corrected chi connectivity index (χ2v) is 6.10. The molecule has 0 spiro atoms. The van der Waals surface area contributed by atoms with Gasteiger partial charge in [0.2, 0.25) is 0 Å². The van der Waals surface area contributed by atoms with Crippen LogP contribution in [0, 0.1) is 0 Å². The fourth-order valence-electron chi connectivity index (χ4n) is 2.21. The van der Waals surface area contributed by atoms with Crippen molar-refractivity contribution in [3.8, 4) is 10.4 Å². The van der Waals surface area contributed by atoms with E-state index in [-0.39, 0.29) is 5.91 Å². The van der Waals surface area contributed by atoms with Gasteiger partial charge in [0.1, 0.15) is 18.4 Å². The fraction of sp³-hybridized carbons (Fsp3) is 0.333. The van der Waals surface area contributed by atoms with Crippen LogP contribution < -0.4 is 15.7 Å². The number of aromatic nitrogens is 2. The van der Waals surface area contributed by atoms with Crippen LogP contribution in [0.3, 0.4) is 0 Å². The maximum Gasteiger partial charge on any atom is 0.265 e. The molecule has 1 amide bonds. The van der Waals surface area contributed by atoms with Crippen molar-refractivity contribution >= 4 is 36.2 Å². The second-order valence-electron chi connectivity index (χ2n) is 5.08. The molecule has 0 aromatic carbocycles. The van der Waals surface area contributed by atoms with Crippen LogP contribution in [0.5, 0.6) is 0 Å². The highest BCUT2D eigenvalue weighted by Crippen LogP contribution is 2.37. The molecule has 0 saturated heterocycles. The Balaban J connectivity index is 2.21. The zero-order valence-electron chi connectivity index (χ0n) is 10.9. The van der Waals surface area contributed by atoms with Gasteiger partial charge in [0.15, 0.2) is 0 Å². The number of aromatic amines is 1. The molecule has 0 unspecified atom stereocenters. The van der Waals surface area contributed by atoms with E-state index in [1.54, 1.807) is 12.4 Å². The van der Waals surface area contributed by atoms with E-state index in [1.165, 1.54) is 11.3 Å². The van der Waals surface area contributed by atoms with Crippen molar-refractivity contribution in [1.29, 1.82) is 0 Å². The Kier molecular flexibility index (Phi) is 2.50. The first-order valence-corrected chi connectivity index (χ1v) is 6.71. The molecule has 7 heteroatoms. The number of carbonyl (C=O) groups excluding carboxylic acids is 1. The lowest BCUT2D eigenvalue weighted by Crippen LogP contribution is -2.59. The summed E-state index contributed by atoms with van der Waals surface area (Å²) < 4.78 is 0. The molecular formula is C12H13BN4OS. The predicted octanol–water partition coefficient (Wildman–Crippen LogP) is 0.848. The summed E-state index contributed by atoms with van der Waals surface area (Å²) in [6, 6.07) is 0. The summed E-state index contributed by atoms with van der Waals surface area (Å²) >= 11 is 1.39. The lowest BCUT2D eigenvalue weighted by molar-refractivity contribution is 0.0906. The van der Waals surface area contributed by atoms with E-state index in [9.17, 15) is 4.79 Å². The van der Waals surface area contributed by atoms with E-state index < -0.39 is 5.66 Å². The number of anilines is 1. The van der Waals surface area contributed by atoms with Gasteiger partial charge in [-0.2, -0.15) is 5.10 Å². The molecule has 0 fully saturated rings. The minimum atomic E-state index is -0.451. The number of rotatable bonds is 1. The van der Waals surface area contributed by atoms with Gasteiger partial charge in [-0.3, -0.25) is 9.89 Å². The van der Waals surface area contributed by atoms with Crippen molar-refractivity contribution in [2.24, 2.45) is 0 Å². The maximum absolute atomic E-state index is 12.2. The molecule has 19 heavy (non-hydrogen) atoms. The molecule has 0 saturated carbocycles.